The van der Waals surface area contributed by atoms with E-state index < -0.39 is 12.1 Å². The maximum absolute atomic E-state index is 10.5. The topological polar surface area (TPSA) is 98.0 Å². The number of hydrogen-bond acceptors (Lipinski definition) is 4. The molecule has 0 bridgehead atoms. The summed E-state index contributed by atoms with van der Waals surface area (Å²) in [4.78, 5) is 10.5. The van der Waals surface area contributed by atoms with Gasteiger partial charge >= 0.3 is 5.97 Å². The van der Waals surface area contributed by atoms with Gasteiger partial charge in [0.15, 0.2) is 0 Å². The van der Waals surface area contributed by atoms with Gasteiger partial charge in [-0.25, -0.2) is 0 Å². The summed E-state index contributed by atoms with van der Waals surface area (Å²) in [5.41, 5.74) is 0. The van der Waals surface area contributed by atoms with Gasteiger partial charge in [-0.1, -0.05) is 26.7 Å². The largest absolute Gasteiger partial charge is 0.481 e. The maximum Gasteiger partial charge on any atom is 0.306 e. The van der Waals surface area contributed by atoms with Gasteiger partial charge in [0, 0.05) is 0 Å². The number of aliphatic hydroxyl groups is 3. The number of carbonyl (C=O) groups is 1. The van der Waals surface area contributed by atoms with Crippen LogP contribution in [0.2, 0.25) is 0 Å². The fourth-order valence-corrected chi connectivity index (χ4v) is 1.15. The van der Waals surface area contributed by atoms with Gasteiger partial charge in [0.25, 0.3) is 0 Å². The highest BCUT2D eigenvalue weighted by molar-refractivity contribution is 5.69. The van der Waals surface area contributed by atoms with Crippen LogP contribution in [-0.4, -0.2) is 45.7 Å². The molecule has 0 spiro atoms. The molecule has 0 unspecified atom stereocenters. The van der Waals surface area contributed by atoms with Crippen LogP contribution >= 0.6 is 0 Å². The van der Waals surface area contributed by atoms with Gasteiger partial charge in [0.2, 0.25) is 0 Å². The van der Waals surface area contributed by atoms with Crippen LogP contribution in [0.25, 0.3) is 0 Å². The molecule has 0 saturated heterocycles. The molecule has 0 aromatic carbocycles. The summed E-state index contributed by atoms with van der Waals surface area (Å²) in [7, 11) is 0. The summed E-state index contributed by atoms with van der Waals surface area (Å²) in [5.74, 6) is -0.737. The monoisotopic (exact) mass is 236 g/mol. The third-order valence-corrected chi connectivity index (χ3v) is 2.05. The van der Waals surface area contributed by atoms with Gasteiger partial charge in [0.1, 0.15) is 6.10 Å². The van der Waals surface area contributed by atoms with Crippen molar-refractivity contribution in [1.82, 2.24) is 0 Å². The van der Waals surface area contributed by atoms with Crippen LogP contribution < -0.4 is 0 Å². The molecule has 0 aromatic heterocycles. The van der Waals surface area contributed by atoms with E-state index in [1.54, 1.807) is 0 Å². The van der Waals surface area contributed by atoms with Crippen molar-refractivity contribution in [3.8, 4) is 0 Å². The van der Waals surface area contributed by atoms with Crippen LogP contribution in [0.4, 0.5) is 0 Å². The predicted molar refractivity (Wildman–Crippen MR) is 61.1 cm³/mol. The van der Waals surface area contributed by atoms with E-state index in [0.29, 0.717) is 0 Å². The average Bonchev–Trinajstić information content (AvgIpc) is 2.28. The molecule has 0 aliphatic heterocycles. The Balaban J connectivity index is 0. The van der Waals surface area contributed by atoms with E-state index in [9.17, 15) is 4.79 Å². The summed E-state index contributed by atoms with van der Waals surface area (Å²) in [6.45, 7) is 3.31. The summed E-state index contributed by atoms with van der Waals surface area (Å²) in [5, 5.41) is 32.7. The molecule has 0 saturated carbocycles. The van der Waals surface area contributed by atoms with E-state index in [1.807, 2.05) is 13.8 Å². The maximum atomic E-state index is 10.5. The Morgan fingerprint density at radius 1 is 1.06 bits per heavy atom. The Hall–Kier alpha value is -0.650. The van der Waals surface area contributed by atoms with Crippen LogP contribution in [0.1, 0.15) is 39.5 Å². The second-order valence-corrected chi connectivity index (χ2v) is 3.63. The first kappa shape index (κ1) is 17.7. The summed E-state index contributed by atoms with van der Waals surface area (Å²) >= 11 is 0. The van der Waals surface area contributed by atoms with E-state index in [0.717, 1.165) is 25.7 Å². The van der Waals surface area contributed by atoms with E-state index in [-0.39, 0.29) is 19.1 Å². The Kier molecular flexibility index (Phi) is 13.8. The number of rotatable bonds is 7. The lowest BCUT2D eigenvalue weighted by molar-refractivity contribution is -0.142. The normalized spacial score (nSPS) is 10.2. The van der Waals surface area contributed by atoms with Crippen molar-refractivity contribution in [2.75, 3.05) is 13.2 Å². The molecule has 4 N–H and O–H groups in total. The second-order valence-electron chi connectivity index (χ2n) is 3.63. The zero-order chi connectivity index (χ0) is 13.0. The van der Waals surface area contributed by atoms with Crippen molar-refractivity contribution in [3.63, 3.8) is 0 Å². The number of carboxylic acids is 1. The third-order valence-electron chi connectivity index (χ3n) is 2.05. The molecule has 5 nitrogen and oxygen atoms in total. The second kappa shape index (κ2) is 12.4. The van der Waals surface area contributed by atoms with Gasteiger partial charge in [-0.05, 0) is 12.8 Å². The first-order chi connectivity index (χ1) is 7.53. The number of aliphatic carboxylic acids is 1. The average molecular weight is 236 g/mol. The molecule has 0 aromatic rings. The third kappa shape index (κ3) is 11.4. The SMILES string of the molecule is CCCC(CCC)C(=O)O.OCC(O)CO. The Labute approximate surface area is 96.7 Å². The fourth-order valence-electron chi connectivity index (χ4n) is 1.15. The molecule has 98 valence electrons. The summed E-state index contributed by atoms with van der Waals surface area (Å²) < 4.78 is 0. The van der Waals surface area contributed by atoms with Crippen LogP contribution in [0.3, 0.4) is 0 Å². The molecular weight excluding hydrogens is 212 g/mol. The van der Waals surface area contributed by atoms with Gasteiger partial charge in [0.05, 0.1) is 19.1 Å². The van der Waals surface area contributed by atoms with Crippen molar-refractivity contribution in [2.45, 2.75) is 45.6 Å². The summed E-state index contributed by atoms with van der Waals surface area (Å²) in [6.07, 6.45) is 2.63. The van der Waals surface area contributed by atoms with Crippen LogP contribution in [0.15, 0.2) is 0 Å². The first-order valence-electron chi connectivity index (χ1n) is 5.65. The van der Waals surface area contributed by atoms with Crippen molar-refractivity contribution in [3.05, 3.63) is 0 Å². The molecule has 5 heteroatoms. The van der Waals surface area contributed by atoms with Gasteiger partial charge in [-0.2, -0.15) is 0 Å². The first-order valence-corrected chi connectivity index (χ1v) is 5.65. The Morgan fingerprint density at radius 2 is 1.44 bits per heavy atom. The molecule has 0 heterocycles. The minimum atomic E-state index is -0.954. The van der Waals surface area contributed by atoms with E-state index in [1.165, 1.54) is 0 Å². The van der Waals surface area contributed by atoms with E-state index >= 15 is 0 Å². The lowest BCUT2D eigenvalue weighted by Gasteiger charge is -2.07. The minimum absolute atomic E-state index is 0.102. The van der Waals surface area contributed by atoms with Crippen LogP contribution in [0, 0.1) is 5.92 Å². The molecule has 0 rings (SSSR count). The smallest absolute Gasteiger partial charge is 0.306 e. The van der Waals surface area contributed by atoms with Crippen molar-refractivity contribution in [2.24, 2.45) is 5.92 Å². The lowest BCUT2D eigenvalue weighted by Crippen LogP contribution is -2.15. The zero-order valence-corrected chi connectivity index (χ0v) is 10.1. The Morgan fingerprint density at radius 3 is 1.56 bits per heavy atom. The van der Waals surface area contributed by atoms with Crippen molar-refractivity contribution >= 4 is 5.97 Å². The van der Waals surface area contributed by atoms with Crippen molar-refractivity contribution < 1.29 is 25.2 Å². The predicted octanol–water partition coefficient (Wildman–Crippen LogP) is 0.619. The quantitative estimate of drug-likeness (QED) is 0.519. The van der Waals surface area contributed by atoms with Gasteiger partial charge in [-0.15, -0.1) is 0 Å². The fraction of sp³-hybridized carbons (Fsp3) is 0.909. The molecule has 0 aliphatic carbocycles. The molecule has 0 fully saturated rings. The summed E-state index contributed by atoms with van der Waals surface area (Å²) in [6, 6.07) is 0. The molecule has 16 heavy (non-hydrogen) atoms. The van der Waals surface area contributed by atoms with Crippen LogP contribution in [0.5, 0.6) is 0 Å². The Bertz CT molecular complexity index is 150. The highest BCUT2D eigenvalue weighted by atomic mass is 16.4. The number of carboxylic acid groups (broad SMARTS) is 1. The van der Waals surface area contributed by atoms with Crippen molar-refractivity contribution in [1.29, 1.82) is 0 Å². The molecular formula is C11H24O5. The van der Waals surface area contributed by atoms with Crippen LogP contribution in [-0.2, 0) is 4.79 Å². The molecule has 0 aliphatic rings. The number of hydrogen-bond donors (Lipinski definition) is 4. The minimum Gasteiger partial charge on any atom is -0.481 e. The molecule has 0 radical (unpaired) electrons. The zero-order valence-electron chi connectivity index (χ0n) is 10.1. The van der Waals surface area contributed by atoms with E-state index in [4.69, 9.17) is 20.4 Å². The highest BCUT2D eigenvalue weighted by Gasteiger charge is 2.13. The number of aliphatic hydroxyl groups excluding tert-OH is 3. The lowest BCUT2D eigenvalue weighted by atomic mass is 9.99. The molecule has 0 amide bonds. The van der Waals surface area contributed by atoms with Gasteiger partial charge in [-0.3, -0.25) is 4.79 Å². The highest BCUT2D eigenvalue weighted by Crippen LogP contribution is 2.12. The molecule has 0 atom stereocenters. The standard InChI is InChI=1S/C8H16O2.C3H8O3/c1-3-5-7(6-4-2)8(9)10;4-1-3(6)2-5/h7H,3-6H2,1-2H3,(H,9,10);3-6H,1-2H2. The van der Waals surface area contributed by atoms with E-state index in [2.05, 4.69) is 0 Å². The van der Waals surface area contributed by atoms with Gasteiger partial charge < -0.3 is 20.4 Å².